The molecule has 1 N–H and O–H groups in total. The summed E-state index contributed by atoms with van der Waals surface area (Å²) in [5.41, 5.74) is 0.730. The molecular weight excluding hydrogens is 279 g/mol. The van der Waals surface area contributed by atoms with E-state index in [2.05, 4.69) is 5.32 Å². The van der Waals surface area contributed by atoms with E-state index in [1.165, 1.54) is 25.3 Å². The van der Waals surface area contributed by atoms with E-state index in [0.717, 1.165) is 6.07 Å². The lowest BCUT2D eigenvalue weighted by Crippen LogP contribution is -2.20. The summed E-state index contributed by atoms with van der Waals surface area (Å²) in [6.07, 6.45) is 0.214. The zero-order chi connectivity index (χ0) is 15.4. The lowest BCUT2D eigenvalue weighted by Gasteiger charge is -2.18. The van der Waals surface area contributed by atoms with Crippen LogP contribution in [0.3, 0.4) is 0 Å². The van der Waals surface area contributed by atoms with Gasteiger partial charge in [0.25, 0.3) is 0 Å². The molecule has 0 amide bonds. The molecular formula is C16H16F3NO. The molecule has 0 aromatic heterocycles. The van der Waals surface area contributed by atoms with Crippen molar-refractivity contribution in [3.63, 3.8) is 0 Å². The van der Waals surface area contributed by atoms with Crippen molar-refractivity contribution in [1.82, 2.24) is 5.32 Å². The van der Waals surface area contributed by atoms with Crippen LogP contribution in [-0.4, -0.2) is 14.2 Å². The third kappa shape index (κ3) is 3.55. The summed E-state index contributed by atoms with van der Waals surface area (Å²) in [7, 11) is 3.12. The van der Waals surface area contributed by atoms with Crippen LogP contribution in [0, 0.1) is 17.5 Å². The molecule has 5 heteroatoms. The highest BCUT2D eigenvalue weighted by Gasteiger charge is 2.17. The lowest BCUT2D eigenvalue weighted by atomic mass is 9.98. The van der Waals surface area contributed by atoms with Crippen molar-refractivity contribution in [2.24, 2.45) is 0 Å². The molecule has 0 aliphatic heterocycles. The van der Waals surface area contributed by atoms with E-state index >= 15 is 0 Å². The van der Waals surface area contributed by atoms with Crippen molar-refractivity contribution in [1.29, 1.82) is 0 Å². The predicted molar refractivity (Wildman–Crippen MR) is 74.8 cm³/mol. The molecule has 0 spiro atoms. The van der Waals surface area contributed by atoms with Crippen LogP contribution in [0.5, 0.6) is 5.75 Å². The monoisotopic (exact) mass is 295 g/mol. The number of likely N-dealkylation sites (N-methyl/N-ethyl adjacent to an activating group) is 1. The van der Waals surface area contributed by atoms with Gasteiger partial charge in [0.2, 0.25) is 0 Å². The number of halogens is 3. The summed E-state index contributed by atoms with van der Waals surface area (Å²) < 4.78 is 45.6. The molecule has 0 aliphatic rings. The van der Waals surface area contributed by atoms with Crippen LogP contribution in [0.4, 0.5) is 13.2 Å². The Morgan fingerprint density at radius 2 is 1.81 bits per heavy atom. The molecule has 0 bridgehead atoms. The highest BCUT2D eigenvalue weighted by molar-refractivity contribution is 5.32. The molecule has 0 aliphatic carbocycles. The third-order valence-corrected chi connectivity index (χ3v) is 3.37. The molecule has 1 atom stereocenters. The largest absolute Gasteiger partial charge is 0.497 e. The van der Waals surface area contributed by atoms with Gasteiger partial charge in [0.15, 0.2) is 0 Å². The van der Waals surface area contributed by atoms with Crippen molar-refractivity contribution in [3.8, 4) is 5.75 Å². The average Bonchev–Trinajstić information content (AvgIpc) is 2.47. The van der Waals surface area contributed by atoms with Gasteiger partial charge in [-0.1, -0.05) is 12.1 Å². The number of methoxy groups -OCH3 is 1. The Labute approximate surface area is 121 Å². The molecule has 112 valence electrons. The van der Waals surface area contributed by atoms with E-state index in [-0.39, 0.29) is 6.42 Å². The highest BCUT2D eigenvalue weighted by Crippen LogP contribution is 2.25. The zero-order valence-electron chi connectivity index (χ0n) is 11.8. The van der Waals surface area contributed by atoms with Crippen LogP contribution in [0.2, 0.25) is 0 Å². The SMILES string of the molecule is CNC(Cc1ccc(F)cc1F)c1ccc(OC)cc1F. The first-order valence-corrected chi connectivity index (χ1v) is 6.49. The summed E-state index contributed by atoms with van der Waals surface area (Å²) in [5, 5.41) is 2.95. The van der Waals surface area contributed by atoms with E-state index < -0.39 is 23.5 Å². The van der Waals surface area contributed by atoms with Crippen molar-refractivity contribution < 1.29 is 17.9 Å². The van der Waals surface area contributed by atoms with Gasteiger partial charge in [0.05, 0.1) is 7.11 Å². The predicted octanol–water partition coefficient (Wildman–Crippen LogP) is 3.62. The number of rotatable bonds is 5. The van der Waals surface area contributed by atoms with Crippen molar-refractivity contribution >= 4 is 0 Å². The van der Waals surface area contributed by atoms with Crippen LogP contribution in [-0.2, 0) is 6.42 Å². The number of benzene rings is 2. The second-order valence-electron chi connectivity index (χ2n) is 4.67. The van der Waals surface area contributed by atoms with Crippen molar-refractivity contribution in [2.45, 2.75) is 12.5 Å². The minimum atomic E-state index is -0.635. The molecule has 1 unspecified atom stereocenters. The summed E-state index contributed by atoms with van der Waals surface area (Å²) >= 11 is 0. The summed E-state index contributed by atoms with van der Waals surface area (Å²) in [6.45, 7) is 0. The minimum Gasteiger partial charge on any atom is -0.497 e. The number of ether oxygens (including phenoxy) is 1. The molecule has 0 saturated heterocycles. The first-order valence-electron chi connectivity index (χ1n) is 6.49. The first kappa shape index (κ1) is 15.4. The van der Waals surface area contributed by atoms with E-state index in [0.29, 0.717) is 16.9 Å². The van der Waals surface area contributed by atoms with Crippen LogP contribution >= 0.6 is 0 Å². The van der Waals surface area contributed by atoms with Gasteiger partial charge in [0.1, 0.15) is 23.2 Å². The van der Waals surface area contributed by atoms with E-state index in [1.54, 1.807) is 19.2 Å². The van der Waals surface area contributed by atoms with Gasteiger partial charge in [-0.15, -0.1) is 0 Å². The van der Waals surface area contributed by atoms with Gasteiger partial charge in [-0.3, -0.25) is 0 Å². The molecule has 0 fully saturated rings. The lowest BCUT2D eigenvalue weighted by molar-refractivity contribution is 0.409. The maximum atomic E-state index is 14.1. The maximum Gasteiger partial charge on any atom is 0.131 e. The van der Waals surface area contributed by atoms with Crippen molar-refractivity contribution in [2.75, 3.05) is 14.2 Å². The Morgan fingerprint density at radius 1 is 1.05 bits per heavy atom. The fourth-order valence-electron chi connectivity index (χ4n) is 2.19. The van der Waals surface area contributed by atoms with Crippen LogP contribution in [0.15, 0.2) is 36.4 Å². The smallest absolute Gasteiger partial charge is 0.131 e. The fraction of sp³-hybridized carbons (Fsp3) is 0.250. The Morgan fingerprint density at radius 3 is 2.38 bits per heavy atom. The van der Waals surface area contributed by atoms with Gasteiger partial charge < -0.3 is 10.1 Å². The van der Waals surface area contributed by atoms with Crippen LogP contribution in [0.1, 0.15) is 17.2 Å². The number of hydrogen-bond donors (Lipinski definition) is 1. The normalized spacial score (nSPS) is 12.2. The summed E-state index contributed by atoms with van der Waals surface area (Å²) in [5.74, 6) is -1.28. The maximum absolute atomic E-state index is 14.1. The second-order valence-corrected chi connectivity index (χ2v) is 4.67. The molecule has 2 rings (SSSR count). The molecule has 2 aromatic rings. The topological polar surface area (TPSA) is 21.3 Å². The molecule has 2 nitrogen and oxygen atoms in total. The van der Waals surface area contributed by atoms with E-state index in [4.69, 9.17) is 4.74 Å². The van der Waals surface area contributed by atoms with Gasteiger partial charge in [-0.2, -0.15) is 0 Å². The summed E-state index contributed by atoms with van der Waals surface area (Å²) in [4.78, 5) is 0. The quantitative estimate of drug-likeness (QED) is 0.909. The van der Waals surface area contributed by atoms with Gasteiger partial charge in [0, 0.05) is 23.7 Å². The number of hydrogen-bond acceptors (Lipinski definition) is 2. The first-order chi connectivity index (χ1) is 10.0. The highest BCUT2D eigenvalue weighted by atomic mass is 19.1. The number of nitrogens with one attached hydrogen (secondary N) is 1. The standard InChI is InChI=1S/C16H16F3NO/c1-20-16(7-10-3-4-11(17)8-14(10)18)13-6-5-12(21-2)9-15(13)19/h3-6,8-9,16,20H,7H2,1-2H3. The van der Waals surface area contributed by atoms with E-state index in [1.807, 2.05) is 0 Å². The molecule has 0 radical (unpaired) electrons. The van der Waals surface area contributed by atoms with Gasteiger partial charge in [-0.05, 0) is 31.2 Å². The van der Waals surface area contributed by atoms with E-state index in [9.17, 15) is 13.2 Å². The average molecular weight is 295 g/mol. The Balaban J connectivity index is 2.27. The Hall–Kier alpha value is -2.01. The molecule has 0 heterocycles. The van der Waals surface area contributed by atoms with Gasteiger partial charge in [-0.25, -0.2) is 13.2 Å². The minimum absolute atomic E-state index is 0.214. The van der Waals surface area contributed by atoms with Crippen LogP contribution in [0.25, 0.3) is 0 Å². The third-order valence-electron chi connectivity index (χ3n) is 3.37. The summed E-state index contributed by atoms with van der Waals surface area (Å²) in [6, 6.07) is 7.48. The molecule has 0 saturated carbocycles. The van der Waals surface area contributed by atoms with Gasteiger partial charge >= 0.3 is 0 Å². The fourth-order valence-corrected chi connectivity index (χ4v) is 2.19. The molecule has 2 aromatic carbocycles. The van der Waals surface area contributed by atoms with Crippen molar-refractivity contribution in [3.05, 3.63) is 65.0 Å². The second kappa shape index (κ2) is 6.63. The Bertz CT molecular complexity index is 631. The Kier molecular flexibility index (Phi) is 4.85. The zero-order valence-corrected chi connectivity index (χ0v) is 11.8. The van der Waals surface area contributed by atoms with Crippen LogP contribution < -0.4 is 10.1 Å². The molecule has 21 heavy (non-hydrogen) atoms.